The van der Waals surface area contributed by atoms with Gasteiger partial charge in [-0.1, -0.05) is 30.3 Å². The summed E-state index contributed by atoms with van der Waals surface area (Å²) in [5, 5.41) is 2.76. The number of amides is 3. The second-order valence-electron chi connectivity index (χ2n) is 6.40. The van der Waals surface area contributed by atoms with Crippen LogP contribution in [0.15, 0.2) is 30.3 Å². The highest BCUT2D eigenvalue weighted by Gasteiger charge is 2.43. The van der Waals surface area contributed by atoms with E-state index in [1.54, 1.807) is 25.9 Å². The van der Waals surface area contributed by atoms with Gasteiger partial charge in [-0.15, -0.1) is 0 Å². The quantitative estimate of drug-likeness (QED) is 0.523. The van der Waals surface area contributed by atoms with E-state index >= 15 is 0 Å². The van der Waals surface area contributed by atoms with Gasteiger partial charge in [0.2, 0.25) is 17.7 Å². The molecule has 150 valence electrons. The van der Waals surface area contributed by atoms with Crippen molar-refractivity contribution in [3.8, 4) is 0 Å². The van der Waals surface area contributed by atoms with Gasteiger partial charge in [0.25, 0.3) is 10.1 Å². The van der Waals surface area contributed by atoms with Crippen LogP contribution in [0.2, 0.25) is 0 Å². The van der Waals surface area contributed by atoms with Crippen LogP contribution in [-0.2, 0) is 31.0 Å². The molecule has 1 fully saturated rings. The molecule has 0 saturated carbocycles. The summed E-state index contributed by atoms with van der Waals surface area (Å²) in [6.45, 7) is 1.95. The fraction of sp³-hybridized carbons (Fsp3) is 0.471. The lowest BCUT2D eigenvalue weighted by atomic mass is 10.2. The third-order valence-corrected chi connectivity index (χ3v) is 3.86. The molecule has 9 nitrogen and oxygen atoms in total. The summed E-state index contributed by atoms with van der Waals surface area (Å²) in [6, 6.07) is 8.21. The van der Waals surface area contributed by atoms with Crippen LogP contribution in [0.4, 0.5) is 0 Å². The van der Waals surface area contributed by atoms with Crippen molar-refractivity contribution >= 4 is 27.8 Å². The Morgan fingerprint density at radius 2 is 1.81 bits per heavy atom. The number of carbonyl (C=O) groups excluding carboxylic acids is 3. The highest BCUT2D eigenvalue weighted by atomic mass is 32.2. The highest BCUT2D eigenvalue weighted by Crippen LogP contribution is 2.19. The van der Waals surface area contributed by atoms with Crippen LogP contribution < -0.4 is 5.32 Å². The first kappa shape index (κ1) is 22.7. The average molecular weight is 399 g/mol. The van der Waals surface area contributed by atoms with Crippen molar-refractivity contribution in [3.63, 3.8) is 0 Å². The molecule has 2 atom stereocenters. The Balaban J connectivity index is 0.000000646. The predicted octanol–water partition coefficient (Wildman–Crippen LogP) is -0.116. The molecule has 1 aromatic rings. The van der Waals surface area contributed by atoms with E-state index in [0.29, 0.717) is 12.8 Å². The third-order valence-electron chi connectivity index (χ3n) is 3.86. The molecule has 2 rings (SSSR count). The van der Waals surface area contributed by atoms with Gasteiger partial charge in [0.15, 0.2) is 0 Å². The summed E-state index contributed by atoms with van der Waals surface area (Å²) < 4.78 is 25.9. The summed E-state index contributed by atoms with van der Waals surface area (Å²) in [6.07, 6.45) is 0.842. The molecular formula is C17H25N3O6S. The minimum atomic E-state index is -3.67. The summed E-state index contributed by atoms with van der Waals surface area (Å²) >= 11 is 0. The maximum Gasteiger partial charge on any atom is 0.261 e. The lowest BCUT2D eigenvalue weighted by Gasteiger charge is -2.23. The molecule has 0 radical (unpaired) electrons. The van der Waals surface area contributed by atoms with Crippen LogP contribution in [-0.4, -0.2) is 72.9 Å². The van der Waals surface area contributed by atoms with Crippen molar-refractivity contribution in [2.75, 3.05) is 20.4 Å². The Morgan fingerprint density at radius 3 is 2.26 bits per heavy atom. The lowest BCUT2D eigenvalue weighted by molar-refractivity contribution is -0.147. The first-order valence-corrected chi connectivity index (χ1v) is 10.0. The maximum atomic E-state index is 12.3. The summed E-state index contributed by atoms with van der Waals surface area (Å²) in [5.74, 6) is -0.937. The number of imide groups is 1. The SMILES string of the molecule is CC(C(=O)NCc1ccccc1)N1C(=O)CC(N(C)C)C1=O.CS(=O)(=O)O. The minimum Gasteiger partial charge on any atom is -0.350 e. The molecule has 0 aromatic heterocycles. The molecule has 2 unspecified atom stereocenters. The zero-order chi connectivity index (χ0) is 20.8. The van der Waals surface area contributed by atoms with Gasteiger partial charge in [-0.25, -0.2) is 0 Å². The molecule has 27 heavy (non-hydrogen) atoms. The number of nitrogens with zero attached hydrogens (tertiary/aromatic N) is 2. The first-order valence-electron chi connectivity index (χ1n) is 8.18. The third kappa shape index (κ3) is 7.45. The number of likely N-dealkylation sites (tertiary alicyclic amines) is 1. The van der Waals surface area contributed by atoms with Gasteiger partial charge in [-0.3, -0.25) is 28.7 Å². The zero-order valence-corrected chi connectivity index (χ0v) is 16.6. The topological polar surface area (TPSA) is 124 Å². The van der Waals surface area contributed by atoms with E-state index in [1.807, 2.05) is 30.3 Å². The van der Waals surface area contributed by atoms with Crippen LogP contribution in [0, 0.1) is 0 Å². The molecule has 1 aliphatic heterocycles. The van der Waals surface area contributed by atoms with Gasteiger partial charge >= 0.3 is 0 Å². The van der Waals surface area contributed by atoms with E-state index in [-0.39, 0.29) is 24.1 Å². The van der Waals surface area contributed by atoms with Crippen molar-refractivity contribution < 1.29 is 27.4 Å². The van der Waals surface area contributed by atoms with Crippen molar-refractivity contribution in [1.82, 2.24) is 15.1 Å². The van der Waals surface area contributed by atoms with E-state index in [1.165, 1.54) is 0 Å². The van der Waals surface area contributed by atoms with Gasteiger partial charge < -0.3 is 5.32 Å². The smallest absolute Gasteiger partial charge is 0.261 e. The monoisotopic (exact) mass is 399 g/mol. The van der Waals surface area contributed by atoms with Crippen molar-refractivity contribution in [2.24, 2.45) is 0 Å². The Kier molecular flexibility index (Phi) is 8.07. The molecule has 1 aliphatic rings. The predicted molar refractivity (Wildman–Crippen MR) is 99.2 cm³/mol. The normalized spacial score (nSPS) is 18.1. The molecule has 3 amide bonds. The Bertz CT molecular complexity index is 771. The fourth-order valence-electron chi connectivity index (χ4n) is 2.49. The second-order valence-corrected chi connectivity index (χ2v) is 7.86. The van der Waals surface area contributed by atoms with Crippen LogP contribution in [0.1, 0.15) is 18.9 Å². The van der Waals surface area contributed by atoms with Gasteiger partial charge in [0.05, 0.1) is 18.7 Å². The van der Waals surface area contributed by atoms with Crippen molar-refractivity contribution in [3.05, 3.63) is 35.9 Å². The van der Waals surface area contributed by atoms with Crippen molar-refractivity contribution in [1.29, 1.82) is 0 Å². The van der Waals surface area contributed by atoms with E-state index in [2.05, 4.69) is 5.32 Å². The van der Waals surface area contributed by atoms with E-state index < -0.39 is 22.2 Å². The summed E-state index contributed by atoms with van der Waals surface area (Å²) in [4.78, 5) is 39.3. The molecule has 0 bridgehead atoms. The number of hydrogen-bond acceptors (Lipinski definition) is 6. The van der Waals surface area contributed by atoms with E-state index in [0.717, 1.165) is 10.5 Å². The maximum absolute atomic E-state index is 12.3. The second kappa shape index (κ2) is 9.58. The summed E-state index contributed by atoms with van der Waals surface area (Å²) in [5.41, 5.74) is 0.966. The number of benzene rings is 1. The standard InChI is InChI=1S/C16H21N3O3.CH4O3S/c1-11(15(21)17-10-12-7-5-4-6-8-12)19-14(20)9-13(16(19)22)18(2)3;1-5(2,3)4/h4-8,11,13H,9-10H2,1-3H3,(H,17,21);1H3,(H,2,3,4). The molecule has 2 N–H and O–H groups in total. The number of nitrogens with one attached hydrogen (secondary N) is 1. The Labute approximate surface area is 159 Å². The molecule has 1 heterocycles. The Morgan fingerprint density at radius 1 is 1.30 bits per heavy atom. The Hall–Kier alpha value is -2.30. The molecule has 10 heteroatoms. The van der Waals surface area contributed by atoms with E-state index in [4.69, 9.17) is 4.55 Å². The molecule has 0 aliphatic carbocycles. The van der Waals surface area contributed by atoms with Crippen LogP contribution in [0.3, 0.4) is 0 Å². The van der Waals surface area contributed by atoms with Crippen LogP contribution in [0.5, 0.6) is 0 Å². The fourth-order valence-corrected chi connectivity index (χ4v) is 2.49. The zero-order valence-electron chi connectivity index (χ0n) is 15.7. The first-order chi connectivity index (χ1) is 12.4. The molecular weight excluding hydrogens is 374 g/mol. The number of rotatable bonds is 5. The molecule has 1 aromatic carbocycles. The van der Waals surface area contributed by atoms with Crippen LogP contribution >= 0.6 is 0 Å². The lowest BCUT2D eigenvalue weighted by Crippen LogP contribution is -2.49. The van der Waals surface area contributed by atoms with Gasteiger partial charge in [-0.2, -0.15) is 8.42 Å². The molecule has 0 spiro atoms. The summed E-state index contributed by atoms with van der Waals surface area (Å²) in [7, 11) is -0.168. The number of carbonyl (C=O) groups is 3. The van der Waals surface area contributed by atoms with Gasteiger partial charge in [-0.05, 0) is 26.6 Å². The van der Waals surface area contributed by atoms with Crippen LogP contribution in [0.25, 0.3) is 0 Å². The number of hydrogen-bond donors (Lipinski definition) is 2. The van der Waals surface area contributed by atoms with Gasteiger partial charge in [0, 0.05) is 6.54 Å². The molecule has 1 saturated heterocycles. The van der Waals surface area contributed by atoms with Gasteiger partial charge in [0.1, 0.15) is 6.04 Å². The largest absolute Gasteiger partial charge is 0.350 e. The highest BCUT2D eigenvalue weighted by molar-refractivity contribution is 7.85. The van der Waals surface area contributed by atoms with Crippen molar-refractivity contribution in [2.45, 2.75) is 32.0 Å². The number of likely N-dealkylation sites (N-methyl/N-ethyl adjacent to an activating group) is 1. The average Bonchev–Trinajstić information content (AvgIpc) is 2.86. The van der Waals surface area contributed by atoms with E-state index in [9.17, 15) is 22.8 Å². The minimum absolute atomic E-state index is 0.127.